The molecule has 0 aliphatic rings. The summed E-state index contributed by atoms with van der Waals surface area (Å²) in [6, 6.07) is 0. The molecule has 0 radical (unpaired) electrons. The van der Waals surface area contributed by atoms with Gasteiger partial charge in [-0.3, -0.25) is 23.6 Å². The second-order valence-corrected chi connectivity index (χ2v) is 15.7. The lowest BCUT2D eigenvalue weighted by Crippen LogP contribution is -2.60. The molecular formula is C43H87N3O7S. The van der Waals surface area contributed by atoms with Gasteiger partial charge in [0.2, 0.25) is 0 Å². The van der Waals surface area contributed by atoms with Crippen molar-refractivity contribution in [1.82, 2.24) is 5.32 Å². The number of allylic oxidation sites excluding steroid dienone is 4. The Hall–Kier alpha value is -1.47. The zero-order valence-electron chi connectivity index (χ0n) is 35.6. The fourth-order valence-electron chi connectivity index (χ4n) is 5.84. The molecule has 0 heterocycles. The predicted molar refractivity (Wildman–Crippen MR) is 229 cm³/mol. The molecule has 322 valence electrons. The number of unbranched alkanes of at least 4 members (excludes halogenated alkanes) is 22. The molecule has 0 aliphatic heterocycles. The molecule has 7 N–H and O–H groups in total. The molecule has 10 nitrogen and oxygen atoms in total. The Kier molecular flexibility index (Phi) is 44.9. The molecule has 0 saturated carbocycles. The van der Waals surface area contributed by atoms with Crippen molar-refractivity contribution in [2.24, 2.45) is 11.5 Å². The Morgan fingerprint density at radius 1 is 0.630 bits per heavy atom. The fraction of sp³-hybridized carbons (Fsp3) is 0.860. The molecule has 0 rings (SSSR count). The highest BCUT2D eigenvalue weighted by atomic mass is 32.3. The van der Waals surface area contributed by atoms with E-state index in [-0.39, 0.29) is 24.3 Å². The molecular weight excluding hydrogens is 703 g/mol. The van der Waals surface area contributed by atoms with E-state index >= 15 is 0 Å². The molecule has 1 atom stereocenters. The first-order valence-corrected chi connectivity index (χ1v) is 23.0. The lowest BCUT2D eigenvalue weighted by Gasteiger charge is -2.25. The minimum atomic E-state index is -4.16. The van der Waals surface area contributed by atoms with Crippen LogP contribution in [0.25, 0.3) is 0 Å². The number of carbonyl (C=O) groups excluding carboxylic acids is 2. The molecule has 0 spiro atoms. The third kappa shape index (κ3) is 43.3. The van der Waals surface area contributed by atoms with Crippen molar-refractivity contribution in [3.05, 3.63) is 24.3 Å². The Morgan fingerprint density at radius 3 is 1.13 bits per heavy atom. The van der Waals surface area contributed by atoms with Gasteiger partial charge in [0.1, 0.15) is 11.8 Å². The van der Waals surface area contributed by atoms with Crippen molar-refractivity contribution < 1.29 is 31.8 Å². The summed E-state index contributed by atoms with van der Waals surface area (Å²) in [4.78, 5) is 25.6. The molecule has 0 aliphatic carbocycles. The van der Waals surface area contributed by atoms with Crippen molar-refractivity contribution in [3.63, 3.8) is 0 Å². The van der Waals surface area contributed by atoms with E-state index in [4.69, 9.17) is 21.1 Å². The summed E-state index contributed by atoms with van der Waals surface area (Å²) < 4.78 is 29.7. The first-order valence-electron chi connectivity index (χ1n) is 21.7. The van der Waals surface area contributed by atoms with E-state index in [0.717, 1.165) is 65.0 Å². The van der Waals surface area contributed by atoms with E-state index < -0.39 is 15.9 Å². The maximum atomic E-state index is 12.8. The topological polar surface area (TPSA) is 182 Å². The number of hydrogen-bond acceptors (Lipinski definition) is 9. The smallest absolute Gasteiger partial charge is 0.379 e. The van der Waals surface area contributed by atoms with E-state index in [1.165, 1.54) is 116 Å². The number of ketones is 2. The van der Waals surface area contributed by atoms with Crippen LogP contribution in [0.5, 0.6) is 0 Å². The summed E-state index contributed by atoms with van der Waals surface area (Å²) >= 11 is 0. The number of hydrogen-bond donors (Lipinski definition) is 5. The summed E-state index contributed by atoms with van der Waals surface area (Å²) in [6.45, 7) is 8.92. The van der Waals surface area contributed by atoms with Crippen molar-refractivity contribution in [3.8, 4) is 0 Å². The number of carbonyl (C=O) groups is 2. The minimum absolute atomic E-state index is 0.0825. The molecule has 0 amide bonds. The summed E-state index contributed by atoms with van der Waals surface area (Å²) in [6.07, 6.45) is 41.4. The van der Waals surface area contributed by atoms with Gasteiger partial charge in [-0.05, 0) is 77.7 Å². The van der Waals surface area contributed by atoms with Gasteiger partial charge in [-0.2, -0.15) is 8.42 Å². The number of Topliss-reactive ketones (excluding diaryl/α,β-unsaturated/α-hetero) is 2. The Bertz CT molecular complexity index is 936. The van der Waals surface area contributed by atoms with Crippen molar-refractivity contribution in [2.75, 3.05) is 20.2 Å². The van der Waals surface area contributed by atoms with Crippen molar-refractivity contribution in [2.45, 2.75) is 219 Å². The summed E-state index contributed by atoms with van der Waals surface area (Å²) in [7, 11) is -3.29. The number of nitrogens with one attached hydrogen (secondary N) is 1. The highest BCUT2D eigenvalue weighted by Crippen LogP contribution is 2.17. The highest BCUT2D eigenvalue weighted by Gasteiger charge is 2.38. The van der Waals surface area contributed by atoms with Crippen LogP contribution >= 0.6 is 0 Å². The molecule has 0 bridgehead atoms. The zero-order valence-corrected chi connectivity index (χ0v) is 36.4. The Labute approximate surface area is 333 Å². The summed E-state index contributed by atoms with van der Waals surface area (Å²) in [5.74, 6) is -0.333. The average Bonchev–Trinajstić information content (AvgIpc) is 3.14. The van der Waals surface area contributed by atoms with Crippen LogP contribution < -0.4 is 16.8 Å². The maximum Gasteiger partial charge on any atom is 0.397 e. The number of rotatable bonds is 36. The fourth-order valence-corrected chi connectivity index (χ4v) is 5.84. The largest absolute Gasteiger partial charge is 0.397 e. The van der Waals surface area contributed by atoms with Crippen molar-refractivity contribution >= 4 is 22.0 Å². The van der Waals surface area contributed by atoms with Crippen LogP contribution in [-0.2, 0) is 24.2 Å². The molecule has 0 aromatic heterocycles. The molecule has 0 aromatic carbocycles. The van der Waals surface area contributed by atoms with Crippen LogP contribution in [0.3, 0.4) is 0 Å². The monoisotopic (exact) mass is 790 g/mol. The van der Waals surface area contributed by atoms with Crippen LogP contribution in [0, 0.1) is 0 Å². The molecule has 11 heteroatoms. The quantitative estimate of drug-likeness (QED) is 0.0135. The van der Waals surface area contributed by atoms with Crippen molar-refractivity contribution in [1.29, 1.82) is 0 Å². The third-order valence-electron chi connectivity index (χ3n) is 9.36. The summed E-state index contributed by atoms with van der Waals surface area (Å²) in [5, 5.41) is 11.2. The van der Waals surface area contributed by atoms with Gasteiger partial charge in [0.05, 0.1) is 7.11 Å². The Balaban J connectivity index is -0.00000185. The normalized spacial score (nSPS) is 12.4. The number of aliphatic hydroxyl groups is 1. The van der Waals surface area contributed by atoms with Crippen LogP contribution in [0.2, 0.25) is 0 Å². The van der Waals surface area contributed by atoms with Crippen LogP contribution in [0.15, 0.2) is 24.3 Å². The van der Waals surface area contributed by atoms with Crippen LogP contribution in [-0.4, -0.2) is 61.6 Å². The predicted octanol–water partition coefficient (Wildman–Crippen LogP) is 10.2. The lowest BCUT2D eigenvalue weighted by atomic mass is 9.84. The molecule has 54 heavy (non-hydrogen) atoms. The second kappa shape index (κ2) is 42.7. The number of nitrogens with two attached hydrogens (primary N) is 2. The first-order chi connectivity index (χ1) is 25.9. The van der Waals surface area contributed by atoms with E-state index in [9.17, 15) is 18.0 Å². The summed E-state index contributed by atoms with van der Waals surface area (Å²) in [5.41, 5.74) is 10.6. The molecule has 1 unspecified atom stereocenters. The highest BCUT2D eigenvalue weighted by molar-refractivity contribution is 7.80. The maximum absolute atomic E-state index is 12.8. The van der Waals surface area contributed by atoms with E-state index in [1.807, 2.05) is 6.92 Å². The standard InChI is InChI=1S/C38H72N2O2.C4H11NO.CH4O4S/c1-3-5-7-9-11-13-15-17-19-21-23-25-27-29-31-33-36(41)38(40,35-39)37(42)34-32-30-28-26-24-22-20-18-16-14-12-10-8-6-4-2;1-3-5-4(2)6;1-5-6(2,3)4/h17-20H,3-16,21-35,39-40H2,1-2H3;4-6H,3H2,1-2H3;1H3,(H,2,3,4)/b19-17-,20-18-;;. The van der Waals surface area contributed by atoms with E-state index in [1.54, 1.807) is 6.92 Å². The van der Waals surface area contributed by atoms with E-state index in [2.05, 4.69) is 47.7 Å². The molecule has 0 aromatic rings. The van der Waals surface area contributed by atoms with Gasteiger partial charge >= 0.3 is 10.4 Å². The van der Waals surface area contributed by atoms with Gasteiger partial charge in [-0.25, -0.2) is 0 Å². The molecule has 0 fully saturated rings. The van der Waals surface area contributed by atoms with Gasteiger partial charge in [0.15, 0.2) is 11.6 Å². The third-order valence-corrected chi connectivity index (χ3v) is 9.78. The SMILES string of the molecule is CCCCCCCC/C=C\CCCCCCCC(=O)C(N)(CN)C(=O)CCCCCCC/C=C\CCCCCCCC.CCNC(C)O.COS(=O)(=O)O. The minimum Gasteiger partial charge on any atom is -0.379 e. The zero-order chi connectivity index (χ0) is 41.2. The van der Waals surface area contributed by atoms with Gasteiger partial charge in [-0.15, -0.1) is 0 Å². The molecule has 0 saturated heterocycles. The Morgan fingerprint density at radius 2 is 0.907 bits per heavy atom. The van der Waals surface area contributed by atoms with Gasteiger partial charge < -0.3 is 16.6 Å². The second-order valence-electron chi connectivity index (χ2n) is 14.5. The van der Waals surface area contributed by atoms with Gasteiger partial charge in [0.25, 0.3) is 0 Å². The lowest BCUT2D eigenvalue weighted by molar-refractivity contribution is -0.134. The number of aliphatic hydroxyl groups excluding tert-OH is 1. The first kappa shape index (κ1) is 56.9. The van der Waals surface area contributed by atoms with Gasteiger partial charge in [0, 0.05) is 19.4 Å². The van der Waals surface area contributed by atoms with Crippen LogP contribution in [0.1, 0.15) is 207 Å². The average molecular weight is 790 g/mol. The van der Waals surface area contributed by atoms with E-state index in [0.29, 0.717) is 12.8 Å². The van der Waals surface area contributed by atoms with Crippen LogP contribution in [0.4, 0.5) is 0 Å². The van der Waals surface area contributed by atoms with Gasteiger partial charge in [-0.1, -0.05) is 148 Å².